The van der Waals surface area contributed by atoms with Gasteiger partial charge in [0, 0.05) is 6.04 Å². The SMILES string of the molecule is CCC(NCCc1cccc(F)c1)c1cccc(F)c1. The molecule has 0 bridgehead atoms. The summed E-state index contributed by atoms with van der Waals surface area (Å²) in [5, 5.41) is 3.39. The van der Waals surface area contributed by atoms with Gasteiger partial charge in [0.15, 0.2) is 0 Å². The summed E-state index contributed by atoms with van der Waals surface area (Å²) >= 11 is 0. The van der Waals surface area contributed by atoms with Gasteiger partial charge in [0.05, 0.1) is 0 Å². The Morgan fingerprint density at radius 1 is 1.00 bits per heavy atom. The summed E-state index contributed by atoms with van der Waals surface area (Å²) in [6.07, 6.45) is 1.64. The second-order valence-electron chi connectivity index (χ2n) is 4.85. The maximum atomic E-state index is 13.2. The largest absolute Gasteiger partial charge is 0.310 e. The van der Waals surface area contributed by atoms with Gasteiger partial charge in [0.1, 0.15) is 11.6 Å². The predicted octanol–water partition coefficient (Wildman–Crippen LogP) is 4.25. The molecule has 0 amide bonds. The Bertz CT molecular complexity index is 554. The highest BCUT2D eigenvalue weighted by molar-refractivity contribution is 5.20. The Morgan fingerprint density at radius 2 is 1.70 bits per heavy atom. The summed E-state index contributed by atoms with van der Waals surface area (Å²) in [5.41, 5.74) is 1.92. The molecule has 0 spiro atoms. The van der Waals surface area contributed by atoms with Crippen molar-refractivity contribution in [1.82, 2.24) is 5.32 Å². The first-order valence-corrected chi connectivity index (χ1v) is 6.92. The Labute approximate surface area is 118 Å². The molecule has 1 unspecified atom stereocenters. The third-order valence-corrected chi connectivity index (χ3v) is 3.35. The molecular formula is C17H19F2N. The maximum absolute atomic E-state index is 13.2. The second kappa shape index (κ2) is 7.15. The monoisotopic (exact) mass is 275 g/mol. The molecule has 2 aromatic carbocycles. The lowest BCUT2D eigenvalue weighted by atomic mass is 10.0. The van der Waals surface area contributed by atoms with Gasteiger partial charge in [-0.05, 0) is 54.8 Å². The van der Waals surface area contributed by atoms with Gasteiger partial charge in [0.2, 0.25) is 0 Å². The van der Waals surface area contributed by atoms with Crippen LogP contribution >= 0.6 is 0 Å². The van der Waals surface area contributed by atoms with Crippen LogP contribution in [0, 0.1) is 11.6 Å². The molecule has 2 rings (SSSR count). The Morgan fingerprint density at radius 3 is 2.35 bits per heavy atom. The van der Waals surface area contributed by atoms with Crippen molar-refractivity contribution in [2.75, 3.05) is 6.54 Å². The Hall–Kier alpha value is -1.74. The van der Waals surface area contributed by atoms with Crippen LogP contribution in [0.1, 0.15) is 30.5 Å². The van der Waals surface area contributed by atoms with Gasteiger partial charge in [0.25, 0.3) is 0 Å². The molecule has 0 fully saturated rings. The Balaban J connectivity index is 1.91. The third kappa shape index (κ3) is 4.14. The smallest absolute Gasteiger partial charge is 0.123 e. The highest BCUT2D eigenvalue weighted by Crippen LogP contribution is 2.17. The van der Waals surface area contributed by atoms with E-state index in [1.807, 2.05) is 12.1 Å². The average molecular weight is 275 g/mol. The molecule has 0 aliphatic rings. The summed E-state index contributed by atoms with van der Waals surface area (Å²) in [7, 11) is 0. The molecule has 2 aromatic rings. The van der Waals surface area contributed by atoms with Crippen LogP contribution < -0.4 is 5.32 Å². The molecule has 0 heterocycles. The van der Waals surface area contributed by atoms with Gasteiger partial charge in [-0.1, -0.05) is 31.2 Å². The molecule has 106 valence electrons. The van der Waals surface area contributed by atoms with Crippen molar-refractivity contribution in [3.8, 4) is 0 Å². The van der Waals surface area contributed by atoms with Crippen molar-refractivity contribution in [3.05, 3.63) is 71.3 Å². The number of nitrogens with one attached hydrogen (secondary N) is 1. The fraction of sp³-hybridized carbons (Fsp3) is 0.294. The lowest BCUT2D eigenvalue weighted by Crippen LogP contribution is -2.23. The molecule has 0 saturated carbocycles. The van der Waals surface area contributed by atoms with E-state index in [9.17, 15) is 8.78 Å². The quantitative estimate of drug-likeness (QED) is 0.831. The first-order valence-electron chi connectivity index (χ1n) is 6.92. The van der Waals surface area contributed by atoms with E-state index < -0.39 is 0 Å². The molecule has 0 saturated heterocycles. The molecule has 0 aliphatic heterocycles. The molecule has 1 N–H and O–H groups in total. The summed E-state index contributed by atoms with van der Waals surface area (Å²) in [6.45, 7) is 2.79. The first-order chi connectivity index (χ1) is 9.69. The standard InChI is InChI=1S/C17H19F2N/c1-2-17(14-6-4-8-16(19)12-14)20-10-9-13-5-3-7-15(18)11-13/h3-8,11-12,17,20H,2,9-10H2,1H3. The van der Waals surface area contributed by atoms with E-state index in [0.717, 1.165) is 30.5 Å². The number of hydrogen-bond donors (Lipinski definition) is 1. The van der Waals surface area contributed by atoms with Crippen LogP contribution in [0.5, 0.6) is 0 Å². The zero-order valence-corrected chi connectivity index (χ0v) is 11.6. The molecule has 0 aromatic heterocycles. The molecule has 3 heteroatoms. The van der Waals surface area contributed by atoms with Crippen molar-refractivity contribution < 1.29 is 8.78 Å². The van der Waals surface area contributed by atoms with Gasteiger partial charge in [-0.2, -0.15) is 0 Å². The van der Waals surface area contributed by atoms with Crippen molar-refractivity contribution in [1.29, 1.82) is 0 Å². The van der Waals surface area contributed by atoms with E-state index in [1.165, 1.54) is 12.1 Å². The van der Waals surface area contributed by atoms with E-state index in [2.05, 4.69) is 12.2 Å². The Kier molecular flexibility index (Phi) is 5.24. The number of benzene rings is 2. The topological polar surface area (TPSA) is 12.0 Å². The van der Waals surface area contributed by atoms with E-state index >= 15 is 0 Å². The van der Waals surface area contributed by atoms with Crippen molar-refractivity contribution >= 4 is 0 Å². The lowest BCUT2D eigenvalue weighted by Gasteiger charge is -2.17. The van der Waals surface area contributed by atoms with Crippen LogP contribution in [0.15, 0.2) is 48.5 Å². The van der Waals surface area contributed by atoms with Gasteiger partial charge < -0.3 is 5.32 Å². The number of hydrogen-bond acceptors (Lipinski definition) is 1. The van der Waals surface area contributed by atoms with Crippen molar-refractivity contribution in [2.45, 2.75) is 25.8 Å². The third-order valence-electron chi connectivity index (χ3n) is 3.35. The highest BCUT2D eigenvalue weighted by atomic mass is 19.1. The summed E-state index contributed by atoms with van der Waals surface area (Å²) in [6, 6.07) is 13.4. The van der Waals surface area contributed by atoms with Gasteiger partial charge in [-0.15, -0.1) is 0 Å². The first kappa shape index (κ1) is 14.7. The second-order valence-corrected chi connectivity index (χ2v) is 4.85. The van der Waals surface area contributed by atoms with E-state index in [4.69, 9.17) is 0 Å². The van der Waals surface area contributed by atoms with Gasteiger partial charge in [-0.3, -0.25) is 0 Å². The van der Waals surface area contributed by atoms with Crippen LogP contribution in [-0.4, -0.2) is 6.54 Å². The fourth-order valence-electron chi connectivity index (χ4n) is 2.30. The lowest BCUT2D eigenvalue weighted by molar-refractivity contribution is 0.517. The summed E-state index contributed by atoms with van der Waals surface area (Å²) < 4.78 is 26.3. The van der Waals surface area contributed by atoms with E-state index in [-0.39, 0.29) is 17.7 Å². The predicted molar refractivity (Wildman–Crippen MR) is 77.5 cm³/mol. The molecule has 0 radical (unpaired) electrons. The van der Waals surface area contributed by atoms with Crippen LogP contribution in [0.4, 0.5) is 8.78 Å². The minimum atomic E-state index is -0.215. The number of rotatable bonds is 6. The average Bonchev–Trinajstić information content (AvgIpc) is 2.44. The van der Waals surface area contributed by atoms with E-state index in [1.54, 1.807) is 24.3 Å². The molecule has 0 aliphatic carbocycles. The normalized spacial score (nSPS) is 12.3. The van der Waals surface area contributed by atoms with Crippen LogP contribution in [-0.2, 0) is 6.42 Å². The highest BCUT2D eigenvalue weighted by Gasteiger charge is 2.09. The number of halogens is 2. The molecule has 1 atom stereocenters. The van der Waals surface area contributed by atoms with Crippen LogP contribution in [0.2, 0.25) is 0 Å². The molecule has 20 heavy (non-hydrogen) atoms. The van der Waals surface area contributed by atoms with Crippen LogP contribution in [0.3, 0.4) is 0 Å². The molecule has 1 nitrogen and oxygen atoms in total. The fourth-order valence-corrected chi connectivity index (χ4v) is 2.30. The molecular weight excluding hydrogens is 256 g/mol. The summed E-state index contributed by atoms with van der Waals surface area (Å²) in [5.74, 6) is -0.424. The van der Waals surface area contributed by atoms with Crippen molar-refractivity contribution in [2.24, 2.45) is 0 Å². The zero-order chi connectivity index (χ0) is 14.4. The van der Waals surface area contributed by atoms with Crippen molar-refractivity contribution in [3.63, 3.8) is 0 Å². The minimum Gasteiger partial charge on any atom is -0.310 e. The maximum Gasteiger partial charge on any atom is 0.123 e. The van der Waals surface area contributed by atoms with Crippen LogP contribution in [0.25, 0.3) is 0 Å². The van der Waals surface area contributed by atoms with E-state index in [0.29, 0.717) is 0 Å². The van der Waals surface area contributed by atoms with Gasteiger partial charge >= 0.3 is 0 Å². The zero-order valence-electron chi connectivity index (χ0n) is 11.6. The van der Waals surface area contributed by atoms with Gasteiger partial charge in [-0.25, -0.2) is 8.78 Å². The summed E-state index contributed by atoms with van der Waals surface area (Å²) in [4.78, 5) is 0. The minimum absolute atomic E-state index is 0.124.